The molecule has 1 N–H and O–H groups in total. The number of aldehydes is 1. The fraction of sp³-hybridized carbons (Fsp3) is 0.0909. The first-order valence-corrected chi connectivity index (χ1v) is 4.68. The van der Waals surface area contributed by atoms with E-state index in [1.54, 1.807) is 30.3 Å². The molecule has 0 aliphatic carbocycles. The van der Waals surface area contributed by atoms with Gasteiger partial charge in [0, 0.05) is 7.05 Å². The summed E-state index contributed by atoms with van der Waals surface area (Å²) in [5.74, 6) is -0.339. The Kier molecular flexibility index (Phi) is 2.36. The van der Waals surface area contributed by atoms with E-state index in [4.69, 9.17) is 0 Å². The van der Waals surface area contributed by atoms with Gasteiger partial charge in [-0.2, -0.15) is 0 Å². The number of aromatic hydroxyl groups is 1. The van der Waals surface area contributed by atoms with Crippen LogP contribution in [0.1, 0.15) is 10.5 Å². The normalized spacial score (nSPS) is 10.3. The standard InChI is InChI=1S/C11H10N2O3/c1-12-9(7-14)10(15)13(11(12)16)8-5-3-2-4-6-8/h2-7,15H,1H3. The van der Waals surface area contributed by atoms with Crippen molar-refractivity contribution in [1.29, 1.82) is 0 Å². The summed E-state index contributed by atoms with van der Waals surface area (Å²) in [6.07, 6.45) is 0.455. The van der Waals surface area contributed by atoms with Crippen molar-refractivity contribution in [3.05, 3.63) is 46.5 Å². The van der Waals surface area contributed by atoms with Gasteiger partial charge in [0.25, 0.3) is 0 Å². The van der Waals surface area contributed by atoms with E-state index in [9.17, 15) is 14.7 Å². The summed E-state index contributed by atoms with van der Waals surface area (Å²) in [7, 11) is 1.44. The number of hydrogen-bond donors (Lipinski definition) is 1. The summed E-state index contributed by atoms with van der Waals surface area (Å²) < 4.78 is 2.19. The molecule has 0 bridgehead atoms. The van der Waals surface area contributed by atoms with Crippen LogP contribution in [-0.4, -0.2) is 20.5 Å². The second-order valence-corrected chi connectivity index (χ2v) is 3.34. The minimum atomic E-state index is -0.453. The van der Waals surface area contributed by atoms with Gasteiger partial charge in [-0.3, -0.25) is 9.36 Å². The van der Waals surface area contributed by atoms with Crippen molar-refractivity contribution in [2.24, 2.45) is 7.05 Å². The molecule has 5 nitrogen and oxygen atoms in total. The summed E-state index contributed by atoms with van der Waals surface area (Å²) in [4.78, 5) is 22.5. The van der Waals surface area contributed by atoms with Gasteiger partial charge in [-0.15, -0.1) is 0 Å². The zero-order valence-electron chi connectivity index (χ0n) is 8.62. The molecule has 1 heterocycles. The van der Waals surface area contributed by atoms with Gasteiger partial charge in [-0.25, -0.2) is 9.36 Å². The Morgan fingerprint density at radius 1 is 1.25 bits per heavy atom. The zero-order valence-corrected chi connectivity index (χ0v) is 8.62. The number of imidazole rings is 1. The van der Waals surface area contributed by atoms with Crippen LogP contribution in [0.5, 0.6) is 5.88 Å². The number of carbonyl (C=O) groups excluding carboxylic acids is 1. The Hall–Kier alpha value is -2.30. The summed E-state index contributed by atoms with van der Waals surface area (Å²) >= 11 is 0. The first-order chi connectivity index (χ1) is 7.66. The summed E-state index contributed by atoms with van der Waals surface area (Å²) in [6, 6.07) is 8.64. The lowest BCUT2D eigenvalue weighted by molar-refractivity contribution is 0.111. The lowest BCUT2D eigenvalue weighted by Gasteiger charge is -2.01. The van der Waals surface area contributed by atoms with Crippen molar-refractivity contribution in [3.63, 3.8) is 0 Å². The molecule has 2 rings (SSSR count). The van der Waals surface area contributed by atoms with Crippen molar-refractivity contribution in [2.45, 2.75) is 0 Å². The molecular formula is C11H10N2O3. The van der Waals surface area contributed by atoms with Crippen LogP contribution in [0.15, 0.2) is 35.1 Å². The maximum Gasteiger partial charge on any atom is 0.336 e. The number of rotatable bonds is 2. The molecule has 0 radical (unpaired) electrons. The van der Waals surface area contributed by atoms with Crippen LogP contribution in [0.25, 0.3) is 5.69 Å². The van der Waals surface area contributed by atoms with E-state index in [1.807, 2.05) is 0 Å². The average Bonchev–Trinajstić information content (AvgIpc) is 2.51. The Balaban J connectivity index is 2.77. The van der Waals surface area contributed by atoms with Crippen molar-refractivity contribution in [1.82, 2.24) is 9.13 Å². The molecule has 5 heteroatoms. The Morgan fingerprint density at radius 3 is 2.38 bits per heavy atom. The summed E-state index contributed by atoms with van der Waals surface area (Å²) in [5.41, 5.74) is 0.0355. The predicted octanol–water partition coefficient (Wildman–Crippen LogP) is 0.694. The zero-order chi connectivity index (χ0) is 11.7. The molecule has 0 amide bonds. The van der Waals surface area contributed by atoms with Crippen molar-refractivity contribution in [3.8, 4) is 11.6 Å². The smallest absolute Gasteiger partial charge is 0.336 e. The van der Waals surface area contributed by atoms with Gasteiger partial charge in [0.1, 0.15) is 5.69 Å². The van der Waals surface area contributed by atoms with Crippen molar-refractivity contribution >= 4 is 6.29 Å². The van der Waals surface area contributed by atoms with E-state index in [-0.39, 0.29) is 11.6 Å². The molecule has 0 saturated heterocycles. The summed E-state index contributed by atoms with van der Waals surface area (Å²) in [6.45, 7) is 0. The molecule has 16 heavy (non-hydrogen) atoms. The number of nitrogens with zero attached hydrogens (tertiary/aromatic N) is 2. The van der Waals surface area contributed by atoms with Crippen molar-refractivity contribution in [2.75, 3.05) is 0 Å². The molecule has 2 aromatic rings. The van der Waals surface area contributed by atoms with E-state index in [1.165, 1.54) is 7.05 Å². The lowest BCUT2D eigenvalue weighted by atomic mass is 10.3. The average molecular weight is 218 g/mol. The highest BCUT2D eigenvalue weighted by atomic mass is 16.3. The predicted molar refractivity (Wildman–Crippen MR) is 58.1 cm³/mol. The number of benzene rings is 1. The van der Waals surface area contributed by atoms with Gasteiger partial charge in [0.05, 0.1) is 5.69 Å². The van der Waals surface area contributed by atoms with E-state index < -0.39 is 5.69 Å². The van der Waals surface area contributed by atoms with Gasteiger partial charge in [-0.1, -0.05) is 18.2 Å². The number of hydrogen-bond acceptors (Lipinski definition) is 3. The molecule has 1 aromatic heterocycles. The molecule has 0 aliphatic rings. The SMILES string of the molecule is Cn1c(C=O)c(O)n(-c2ccccc2)c1=O. The molecule has 1 aromatic carbocycles. The molecule has 0 unspecified atom stereocenters. The Morgan fingerprint density at radius 2 is 1.88 bits per heavy atom. The van der Waals surface area contributed by atoms with E-state index in [0.29, 0.717) is 12.0 Å². The molecule has 0 fully saturated rings. The fourth-order valence-electron chi connectivity index (χ4n) is 1.55. The van der Waals surface area contributed by atoms with Crippen LogP contribution in [0.2, 0.25) is 0 Å². The highest BCUT2D eigenvalue weighted by Gasteiger charge is 2.17. The minimum absolute atomic E-state index is 0.0335. The highest BCUT2D eigenvalue weighted by Crippen LogP contribution is 2.17. The van der Waals surface area contributed by atoms with Gasteiger partial charge < -0.3 is 5.11 Å². The third-order valence-electron chi connectivity index (χ3n) is 2.41. The Labute approximate surface area is 91.2 Å². The van der Waals surface area contributed by atoms with Gasteiger partial charge in [0.15, 0.2) is 6.29 Å². The monoisotopic (exact) mass is 218 g/mol. The number of para-hydroxylation sites is 1. The topological polar surface area (TPSA) is 64.2 Å². The van der Waals surface area contributed by atoms with Crippen LogP contribution in [-0.2, 0) is 7.05 Å². The molecular weight excluding hydrogens is 208 g/mol. The number of aromatic nitrogens is 2. The van der Waals surface area contributed by atoms with Crippen LogP contribution in [0.4, 0.5) is 0 Å². The van der Waals surface area contributed by atoms with E-state index >= 15 is 0 Å². The minimum Gasteiger partial charge on any atom is -0.493 e. The third kappa shape index (κ3) is 1.33. The van der Waals surface area contributed by atoms with E-state index in [2.05, 4.69) is 0 Å². The molecule has 0 aliphatic heterocycles. The lowest BCUT2D eigenvalue weighted by Crippen LogP contribution is -2.21. The maximum absolute atomic E-state index is 11.8. The Bertz CT molecular complexity index is 581. The van der Waals surface area contributed by atoms with Crippen LogP contribution in [0, 0.1) is 0 Å². The van der Waals surface area contributed by atoms with Gasteiger partial charge in [0.2, 0.25) is 5.88 Å². The van der Waals surface area contributed by atoms with Crippen LogP contribution < -0.4 is 5.69 Å². The largest absolute Gasteiger partial charge is 0.493 e. The molecule has 0 saturated carbocycles. The molecule has 0 spiro atoms. The van der Waals surface area contributed by atoms with E-state index in [0.717, 1.165) is 9.13 Å². The third-order valence-corrected chi connectivity index (χ3v) is 2.41. The molecule has 0 atom stereocenters. The molecule has 82 valence electrons. The highest BCUT2D eigenvalue weighted by molar-refractivity contribution is 5.76. The number of carbonyl (C=O) groups is 1. The second kappa shape index (κ2) is 3.69. The second-order valence-electron chi connectivity index (χ2n) is 3.34. The first kappa shape index (κ1) is 10.2. The van der Waals surface area contributed by atoms with Crippen LogP contribution >= 0.6 is 0 Å². The quantitative estimate of drug-likeness (QED) is 0.754. The summed E-state index contributed by atoms with van der Waals surface area (Å²) in [5, 5.41) is 9.75. The fourth-order valence-corrected chi connectivity index (χ4v) is 1.55. The van der Waals surface area contributed by atoms with Gasteiger partial charge >= 0.3 is 5.69 Å². The first-order valence-electron chi connectivity index (χ1n) is 4.68. The van der Waals surface area contributed by atoms with Gasteiger partial charge in [-0.05, 0) is 12.1 Å². The van der Waals surface area contributed by atoms with Crippen molar-refractivity contribution < 1.29 is 9.90 Å². The van der Waals surface area contributed by atoms with Crippen LogP contribution in [0.3, 0.4) is 0 Å². The maximum atomic E-state index is 11.8.